The molecule has 1 aromatic heterocycles. The molecule has 204 valence electrons. The summed E-state index contributed by atoms with van der Waals surface area (Å²) in [5, 5.41) is 0. The SMILES string of the molecule is COc1cc(OC)cc(C(=O)N2CCC(c3nc(C)ccc3C(=O)N3CCN(C4CCCC4)CC3)CC2)c1. The molecule has 0 bridgehead atoms. The predicted molar refractivity (Wildman–Crippen MR) is 146 cm³/mol. The molecule has 3 fully saturated rings. The third-order valence-corrected chi connectivity index (χ3v) is 8.50. The highest BCUT2D eigenvalue weighted by molar-refractivity contribution is 5.96. The van der Waals surface area contributed by atoms with Crippen LogP contribution in [0.25, 0.3) is 0 Å². The van der Waals surface area contributed by atoms with E-state index in [0.29, 0.717) is 36.2 Å². The van der Waals surface area contributed by atoms with Crippen LogP contribution in [0.5, 0.6) is 11.5 Å². The van der Waals surface area contributed by atoms with Gasteiger partial charge < -0.3 is 19.3 Å². The number of piperazine rings is 1. The predicted octanol–water partition coefficient (Wildman–Crippen LogP) is 4.13. The molecule has 2 aromatic rings. The van der Waals surface area contributed by atoms with Crippen molar-refractivity contribution >= 4 is 11.8 Å². The molecule has 1 saturated carbocycles. The van der Waals surface area contributed by atoms with Crippen LogP contribution in [0, 0.1) is 6.92 Å². The van der Waals surface area contributed by atoms with E-state index in [1.54, 1.807) is 32.4 Å². The van der Waals surface area contributed by atoms with Gasteiger partial charge in [-0.3, -0.25) is 19.5 Å². The van der Waals surface area contributed by atoms with Gasteiger partial charge in [-0.1, -0.05) is 12.8 Å². The molecular weight excluding hydrogens is 480 g/mol. The van der Waals surface area contributed by atoms with Crippen LogP contribution in [0.3, 0.4) is 0 Å². The fourth-order valence-corrected chi connectivity index (χ4v) is 6.27. The first-order valence-corrected chi connectivity index (χ1v) is 14.0. The van der Waals surface area contributed by atoms with Crippen molar-refractivity contribution < 1.29 is 19.1 Å². The lowest BCUT2D eigenvalue weighted by Crippen LogP contribution is -2.51. The van der Waals surface area contributed by atoms with Crippen molar-refractivity contribution in [2.24, 2.45) is 0 Å². The van der Waals surface area contributed by atoms with Crippen LogP contribution in [0.2, 0.25) is 0 Å². The number of carbonyl (C=O) groups excluding carboxylic acids is 2. The zero-order valence-corrected chi connectivity index (χ0v) is 22.9. The van der Waals surface area contributed by atoms with Gasteiger partial charge in [0.1, 0.15) is 11.5 Å². The number of benzene rings is 1. The van der Waals surface area contributed by atoms with Gasteiger partial charge in [-0.05, 0) is 56.9 Å². The standard InChI is InChI=1S/C30H40N4O4/c1-21-8-9-27(30(36)34-16-14-32(15-17-34)24-6-4-5-7-24)28(31-21)22-10-12-33(13-11-22)29(35)23-18-25(37-2)20-26(19-23)38-3/h8-9,18-20,22,24H,4-7,10-17H2,1-3H3. The summed E-state index contributed by atoms with van der Waals surface area (Å²) in [7, 11) is 3.16. The van der Waals surface area contributed by atoms with Crippen molar-refractivity contribution in [1.82, 2.24) is 19.7 Å². The Morgan fingerprint density at radius 3 is 2.00 bits per heavy atom. The van der Waals surface area contributed by atoms with Crippen LogP contribution in [0.15, 0.2) is 30.3 Å². The lowest BCUT2D eigenvalue weighted by molar-refractivity contribution is 0.0568. The smallest absolute Gasteiger partial charge is 0.255 e. The van der Waals surface area contributed by atoms with Crippen molar-refractivity contribution in [1.29, 1.82) is 0 Å². The number of rotatable bonds is 6. The molecule has 0 radical (unpaired) electrons. The Kier molecular flexibility index (Phi) is 8.17. The summed E-state index contributed by atoms with van der Waals surface area (Å²) in [5.41, 5.74) is 3.10. The average molecular weight is 521 g/mol. The van der Waals surface area contributed by atoms with E-state index in [4.69, 9.17) is 14.5 Å². The van der Waals surface area contributed by atoms with Gasteiger partial charge >= 0.3 is 0 Å². The van der Waals surface area contributed by atoms with Gasteiger partial charge in [0.15, 0.2) is 0 Å². The molecule has 1 aromatic carbocycles. The van der Waals surface area contributed by atoms with Crippen LogP contribution in [-0.2, 0) is 0 Å². The molecule has 38 heavy (non-hydrogen) atoms. The molecule has 3 heterocycles. The van der Waals surface area contributed by atoms with Crippen molar-refractivity contribution in [2.75, 3.05) is 53.5 Å². The molecule has 8 heteroatoms. The first kappa shape index (κ1) is 26.5. The molecule has 0 unspecified atom stereocenters. The van der Waals surface area contributed by atoms with Crippen LogP contribution in [0.1, 0.15) is 76.5 Å². The number of hydrogen-bond acceptors (Lipinski definition) is 6. The van der Waals surface area contributed by atoms with Crippen molar-refractivity contribution in [3.8, 4) is 11.5 Å². The summed E-state index contributed by atoms with van der Waals surface area (Å²) >= 11 is 0. The molecular formula is C30H40N4O4. The van der Waals surface area contributed by atoms with Gasteiger partial charge in [-0.2, -0.15) is 0 Å². The Balaban J connectivity index is 1.25. The number of nitrogens with zero attached hydrogens (tertiary/aromatic N) is 4. The van der Waals surface area contributed by atoms with Crippen molar-refractivity contribution in [2.45, 2.75) is 57.4 Å². The number of ether oxygens (including phenoxy) is 2. The van der Waals surface area contributed by atoms with Crippen LogP contribution in [-0.4, -0.2) is 91.0 Å². The summed E-state index contributed by atoms with van der Waals surface area (Å²) in [4.78, 5) is 38.3. The van der Waals surface area contributed by atoms with Crippen molar-refractivity contribution in [3.05, 3.63) is 52.8 Å². The third kappa shape index (κ3) is 5.65. The maximum atomic E-state index is 13.7. The minimum absolute atomic E-state index is 0.0331. The normalized spacial score (nSPS) is 19.6. The number of pyridine rings is 1. The maximum Gasteiger partial charge on any atom is 0.255 e. The van der Waals surface area contributed by atoms with E-state index < -0.39 is 0 Å². The minimum atomic E-state index is -0.0331. The van der Waals surface area contributed by atoms with E-state index >= 15 is 0 Å². The highest BCUT2D eigenvalue weighted by Crippen LogP contribution is 2.32. The third-order valence-electron chi connectivity index (χ3n) is 8.50. The number of amides is 2. The Labute approximate surface area is 225 Å². The highest BCUT2D eigenvalue weighted by Gasteiger charge is 2.32. The molecule has 3 aliphatic rings. The van der Waals surface area contributed by atoms with E-state index in [1.807, 2.05) is 28.9 Å². The van der Waals surface area contributed by atoms with Crippen molar-refractivity contribution in [3.63, 3.8) is 0 Å². The summed E-state index contributed by atoms with van der Waals surface area (Å²) in [6.45, 7) is 6.69. The zero-order chi connectivity index (χ0) is 26.6. The molecule has 0 atom stereocenters. The molecule has 0 N–H and O–H groups in total. The molecule has 8 nitrogen and oxygen atoms in total. The van der Waals surface area contributed by atoms with Gasteiger partial charge in [-0.25, -0.2) is 0 Å². The second kappa shape index (κ2) is 11.7. The Morgan fingerprint density at radius 2 is 1.39 bits per heavy atom. The van der Waals surface area contributed by atoms with Gasteiger partial charge in [0, 0.05) is 68.6 Å². The van der Waals surface area contributed by atoms with E-state index in [0.717, 1.165) is 56.0 Å². The molecule has 2 saturated heterocycles. The summed E-state index contributed by atoms with van der Waals surface area (Å²) in [6, 6.07) is 9.88. The van der Waals surface area contributed by atoms with Gasteiger partial charge in [0.25, 0.3) is 11.8 Å². The van der Waals surface area contributed by atoms with Crippen LogP contribution in [0.4, 0.5) is 0 Å². The lowest BCUT2D eigenvalue weighted by Gasteiger charge is -2.38. The fourth-order valence-electron chi connectivity index (χ4n) is 6.27. The number of piperidine rings is 1. The summed E-state index contributed by atoms with van der Waals surface area (Å²) in [6.07, 6.45) is 6.82. The molecule has 2 aliphatic heterocycles. The first-order chi connectivity index (χ1) is 18.5. The van der Waals surface area contributed by atoms with Gasteiger partial charge in [0.2, 0.25) is 0 Å². The molecule has 2 amide bonds. The van der Waals surface area contributed by atoms with Crippen LogP contribution >= 0.6 is 0 Å². The minimum Gasteiger partial charge on any atom is -0.497 e. The fraction of sp³-hybridized carbons (Fsp3) is 0.567. The number of likely N-dealkylation sites (tertiary alicyclic amines) is 1. The zero-order valence-electron chi connectivity index (χ0n) is 22.9. The van der Waals surface area contributed by atoms with Gasteiger partial charge in [-0.15, -0.1) is 0 Å². The van der Waals surface area contributed by atoms with Gasteiger partial charge in [0.05, 0.1) is 25.5 Å². The molecule has 0 spiro atoms. The largest absolute Gasteiger partial charge is 0.497 e. The summed E-state index contributed by atoms with van der Waals surface area (Å²) in [5.74, 6) is 1.41. The van der Waals surface area contributed by atoms with E-state index in [9.17, 15) is 9.59 Å². The second-order valence-corrected chi connectivity index (χ2v) is 10.8. The second-order valence-electron chi connectivity index (χ2n) is 10.8. The highest BCUT2D eigenvalue weighted by atomic mass is 16.5. The topological polar surface area (TPSA) is 75.2 Å². The van der Waals surface area contributed by atoms with E-state index in [2.05, 4.69) is 4.90 Å². The molecule has 5 rings (SSSR count). The number of carbonyl (C=O) groups is 2. The number of methoxy groups -OCH3 is 2. The quantitative estimate of drug-likeness (QED) is 0.570. The monoisotopic (exact) mass is 520 g/mol. The average Bonchev–Trinajstić information content (AvgIpc) is 3.51. The van der Waals surface area contributed by atoms with Crippen LogP contribution < -0.4 is 9.47 Å². The Bertz CT molecular complexity index is 1120. The number of hydrogen-bond donors (Lipinski definition) is 0. The maximum absolute atomic E-state index is 13.7. The van der Waals surface area contributed by atoms with E-state index in [-0.39, 0.29) is 17.7 Å². The molecule has 1 aliphatic carbocycles. The van der Waals surface area contributed by atoms with E-state index in [1.165, 1.54) is 25.7 Å². The Hall–Kier alpha value is -3.13. The number of aryl methyl sites for hydroxylation is 1. The first-order valence-electron chi connectivity index (χ1n) is 14.0. The lowest BCUT2D eigenvalue weighted by atomic mass is 9.89. The Morgan fingerprint density at radius 1 is 0.789 bits per heavy atom. The summed E-state index contributed by atoms with van der Waals surface area (Å²) < 4.78 is 10.7. The number of aromatic nitrogens is 1.